The Balaban J connectivity index is 1.90. The second-order valence-corrected chi connectivity index (χ2v) is 8.15. The highest BCUT2D eigenvalue weighted by Gasteiger charge is 2.25. The van der Waals surface area contributed by atoms with E-state index in [-0.39, 0.29) is 18.1 Å². The molecule has 0 saturated carbocycles. The Labute approximate surface area is 133 Å². The van der Waals surface area contributed by atoms with Crippen LogP contribution in [0, 0.1) is 6.92 Å². The molecule has 1 saturated heterocycles. The fourth-order valence-corrected chi connectivity index (χ4v) is 4.36. The number of rotatable bonds is 5. The lowest BCUT2D eigenvalue weighted by atomic mass is 10.2. The van der Waals surface area contributed by atoms with Crippen LogP contribution in [0.4, 0.5) is 5.69 Å². The Morgan fingerprint density at radius 1 is 1.33 bits per heavy atom. The number of carbonyl (C=O) groups is 1. The van der Waals surface area contributed by atoms with Gasteiger partial charge in [-0.1, -0.05) is 6.07 Å². The number of halogens is 1. The number of aryl methyl sites for hydroxylation is 1. The topological polar surface area (TPSA) is 66.5 Å². The summed E-state index contributed by atoms with van der Waals surface area (Å²) in [5, 5.41) is 2.73. The van der Waals surface area contributed by atoms with Crippen LogP contribution in [-0.2, 0) is 14.8 Å². The van der Waals surface area contributed by atoms with Gasteiger partial charge in [0.2, 0.25) is 15.9 Å². The van der Waals surface area contributed by atoms with E-state index in [2.05, 4.69) is 21.2 Å². The van der Waals surface area contributed by atoms with Crippen molar-refractivity contribution in [1.29, 1.82) is 0 Å². The minimum Gasteiger partial charge on any atom is -0.325 e. The third kappa shape index (κ3) is 4.52. The number of nitrogens with one attached hydrogen (secondary N) is 1. The Bertz CT molecular complexity index is 625. The van der Waals surface area contributed by atoms with Gasteiger partial charge >= 0.3 is 0 Å². The van der Waals surface area contributed by atoms with E-state index in [1.807, 2.05) is 19.1 Å². The van der Waals surface area contributed by atoms with E-state index in [0.717, 1.165) is 22.9 Å². The monoisotopic (exact) mass is 374 g/mol. The summed E-state index contributed by atoms with van der Waals surface area (Å²) >= 11 is 3.38. The molecule has 7 heteroatoms. The summed E-state index contributed by atoms with van der Waals surface area (Å²) < 4.78 is 26.3. The van der Waals surface area contributed by atoms with Crippen molar-refractivity contribution in [3.63, 3.8) is 0 Å². The minimum atomic E-state index is -3.30. The molecule has 0 atom stereocenters. The predicted octanol–water partition coefficient (Wildman–Crippen LogP) is 2.51. The molecule has 0 spiro atoms. The molecular weight excluding hydrogens is 356 g/mol. The summed E-state index contributed by atoms with van der Waals surface area (Å²) in [5.74, 6) is -0.426. The first-order chi connectivity index (χ1) is 9.88. The first-order valence-corrected chi connectivity index (χ1v) is 9.32. The van der Waals surface area contributed by atoms with Gasteiger partial charge in [0.05, 0.1) is 11.4 Å². The zero-order valence-electron chi connectivity index (χ0n) is 11.9. The SMILES string of the molecule is Cc1ccc(NC(=O)CCS(=O)(=O)N2CCCC2)c(Br)c1. The zero-order valence-corrected chi connectivity index (χ0v) is 14.3. The zero-order chi connectivity index (χ0) is 15.5. The number of sulfonamides is 1. The van der Waals surface area contributed by atoms with Crippen LogP contribution in [0.1, 0.15) is 24.8 Å². The first kappa shape index (κ1) is 16.5. The van der Waals surface area contributed by atoms with Crippen LogP contribution in [-0.4, -0.2) is 37.5 Å². The lowest BCUT2D eigenvalue weighted by molar-refractivity contribution is -0.115. The van der Waals surface area contributed by atoms with Gasteiger partial charge in [0.25, 0.3) is 0 Å². The van der Waals surface area contributed by atoms with Gasteiger partial charge in [0.15, 0.2) is 0 Å². The smallest absolute Gasteiger partial charge is 0.225 e. The molecule has 1 heterocycles. The van der Waals surface area contributed by atoms with Gasteiger partial charge in [-0.3, -0.25) is 4.79 Å². The molecule has 1 aromatic rings. The first-order valence-electron chi connectivity index (χ1n) is 6.92. The maximum atomic E-state index is 12.0. The molecule has 1 fully saturated rings. The fourth-order valence-electron chi connectivity index (χ4n) is 2.25. The Morgan fingerprint density at radius 2 is 2.00 bits per heavy atom. The van der Waals surface area contributed by atoms with Gasteiger partial charge < -0.3 is 5.32 Å². The highest BCUT2D eigenvalue weighted by atomic mass is 79.9. The van der Waals surface area contributed by atoms with Crippen molar-refractivity contribution in [1.82, 2.24) is 4.31 Å². The van der Waals surface area contributed by atoms with Gasteiger partial charge in [-0.2, -0.15) is 0 Å². The maximum absolute atomic E-state index is 12.0. The van der Waals surface area contributed by atoms with Gasteiger partial charge in [-0.15, -0.1) is 0 Å². The second kappa shape index (κ2) is 6.89. The van der Waals surface area contributed by atoms with E-state index < -0.39 is 10.0 Å². The number of amides is 1. The summed E-state index contributed by atoms with van der Waals surface area (Å²) in [4.78, 5) is 11.9. The Hall–Kier alpha value is -0.920. The Morgan fingerprint density at radius 3 is 2.62 bits per heavy atom. The number of nitrogens with zero attached hydrogens (tertiary/aromatic N) is 1. The molecule has 1 aliphatic rings. The number of hydrogen-bond acceptors (Lipinski definition) is 3. The molecular formula is C14H19BrN2O3S. The molecule has 116 valence electrons. The molecule has 1 amide bonds. The molecule has 1 aliphatic heterocycles. The average molecular weight is 375 g/mol. The molecule has 0 aromatic heterocycles. The highest BCUT2D eigenvalue weighted by molar-refractivity contribution is 9.10. The van der Waals surface area contributed by atoms with Crippen LogP contribution >= 0.6 is 15.9 Å². The van der Waals surface area contributed by atoms with Crippen LogP contribution in [0.3, 0.4) is 0 Å². The molecule has 0 radical (unpaired) electrons. The molecule has 21 heavy (non-hydrogen) atoms. The quantitative estimate of drug-likeness (QED) is 0.860. The molecule has 0 bridgehead atoms. The van der Waals surface area contributed by atoms with Crippen molar-refractivity contribution in [3.05, 3.63) is 28.2 Å². The van der Waals surface area contributed by atoms with Crippen molar-refractivity contribution < 1.29 is 13.2 Å². The summed E-state index contributed by atoms with van der Waals surface area (Å²) in [7, 11) is -3.30. The van der Waals surface area contributed by atoms with Crippen molar-refractivity contribution in [2.75, 3.05) is 24.2 Å². The number of anilines is 1. The van der Waals surface area contributed by atoms with Gasteiger partial charge in [-0.05, 0) is 53.4 Å². The number of hydrogen-bond donors (Lipinski definition) is 1. The highest BCUT2D eigenvalue weighted by Crippen LogP contribution is 2.23. The fraction of sp³-hybridized carbons (Fsp3) is 0.500. The average Bonchev–Trinajstić information content (AvgIpc) is 2.95. The summed E-state index contributed by atoms with van der Waals surface area (Å²) in [6, 6.07) is 5.59. The summed E-state index contributed by atoms with van der Waals surface area (Å²) in [6.45, 7) is 3.11. The van der Waals surface area contributed by atoms with Crippen molar-refractivity contribution >= 4 is 37.5 Å². The largest absolute Gasteiger partial charge is 0.325 e. The molecule has 0 aliphatic carbocycles. The molecule has 1 N–H and O–H groups in total. The van der Waals surface area contributed by atoms with Gasteiger partial charge in [0.1, 0.15) is 0 Å². The number of carbonyl (C=O) groups excluding carboxylic acids is 1. The van der Waals surface area contributed by atoms with Crippen LogP contribution in [0.5, 0.6) is 0 Å². The second-order valence-electron chi connectivity index (χ2n) is 5.20. The van der Waals surface area contributed by atoms with E-state index in [0.29, 0.717) is 18.8 Å². The standard InChI is InChI=1S/C14H19BrN2O3S/c1-11-4-5-13(12(15)10-11)16-14(18)6-9-21(19,20)17-7-2-3-8-17/h4-5,10H,2-3,6-9H2,1H3,(H,16,18). The lowest BCUT2D eigenvalue weighted by Gasteiger charge is -2.15. The van der Waals surface area contributed by atoms with Crippen LogP contribution < -0.4 is 5.32 Å². The van der Waals surface area contributed by atoms with Gasteiger partial charge in [-0.25, -0.2) is 12.7 Å². The normalized spacial score (nSPS) is 16.1. The van der Waals surface area contributed by atoms with Crippen molar-refractivity contribution in [2.24, 2.45) is 0 Å². The van der Waals surface area contributed by atoms with Crippen LogP contribution in [0.15, 0.2) is 22.7 Å². The lowest BCUT2D eigenvalue weighted by Crippen LogP contribution is -2.31. The molecule has 5 nitrogen and oxygen atoms in total. The maximum Gasteiger partial charge on any atom is 0.225 e. The van der Waals surface area contributed by atoms with E-state index >= 15 is 0 Å². The molecule has 2 rings (SSSR count). The summed E-state index contributed by atoms with van der Waals surface area (Å²) in [6.07, 6.45) is 1.78. The minimum absolute atomic E-state index is 0.0286. The predicted molar refractivity (Wildman–Crippen MR) is 86.7 cm³/mol. The molecule has 0 unspecified atom stereocenters. The third-order valence-electron chi connectivity index (χ3n) is 3.44. The molecule has 1 aromatic carbocycles. The van der Waals surface area contributed by atoms with Crippen molar-refractivity contribution in [3.8, 4) is 0 Å². The van der Waals surface area contributed by atoms with E-state index in [9.17, 15) is 13.2 Å². The van der Waals surface area contributed by atoms with Crippen molar-refractivity contribution in [2.45, 2.75) is 26.2 Å². The van der Waals surface area contributed by atoms with E-state index in [4.69, 9.17) is 0 Å². The Kier molecular flexibility index (Phi) is 5.40. The van der Waals surface area contributed by atoms with Crippen LogP contribution in [0.25, 0.3) is 0 Å². The van der Waals surface area contributed by atoms with E-state index in [1.165, 1.54) is 4.31 Å². The van der Waals surface area contributed by atoms with E-state index in [1.54, 1.807) is 6.07 Å². The number of benzene rings is 1. The summed E-state index contributed by atoms with van der Waals surface area (Å²) in [5.41, 5.74) is 1.74. The van der Waals surface area contributed by atoms with Crippen LogP contribution in [0.2, 0.25) is 0 Å². The van der Waals surface area contributed by atoms with Gasteiger partial charge in [0, 0.05) is 24.0 Å². The third-order valence-corrected chi connectivity index (χ3v) is 5.97.